The minimum atomic E-state index is -0.194. The van der Waals surface area contributed by atoms with Crippen LogP contribution in [0.15, 0.2) is 18.2 Å². The number of rotatable bonds is 7. The molecule has 0 spiro atoms. The van der Waals surface area contributed by atoms with Gasteiger partial charge in [0.05, 0.1) is 12.3 Å². The molecule has 0 aliphatic carbocycles. The van der Waals surface area contributed by atoms with Gasteiger partial charge >= 0.3 is 0 Å². The Morgan fingerprint density at radius 3 is 2.53 bits per heavy atom. The molecule has 19 heavy (non-hydrogen) atoms. The average molecular weight is 268 g/mol. The van der Waals surface area contributed by atoms with Crippen LogP contribution in [0.2, 0.25) is 0 Å². The third-order valence-corrected chi connectivity index (χ3v) is 3.21. The van der Waals surface area contributed by atoms with E-state index in [1.807, 2.05) is 37.9 Å². The summed E-state index contributed by atoms with van der Waals surface area (Å²) in [6.45, 7) is 7.64. The third-order valence-electron chi connectivity index (χ3n) is 3.21. The Kier molecular flexibility index (Phi) is 6.09. The molecular weight excluding hydrogens is 243 g/mol. The molecule has 0 saturated carbocycles. The van der Waals surface area contributed by atoms with Crippen LogP contribution in [0.1, 0.15) is 20.8 Å². The van der Waals surface area contributed by atoms with Gasteiger partial charge in [0.1, 0.15) is 5.82 Å². The summed E-state index contributed by atoms with van der Waals surface area (Å²) >= 11 is 0. The molecule has 0 fully saturated rings. The molecule has 3 nitrogen and oxygen atoms in total. The van der Waals surface area contributed by atoms with E-state index in [2.05, 4.69) is 12.2 Å². The number of halogens is 1. The van der Waals surface area contributed by atoms with Gasteiger partial charge in [0, 0.05) is 32.4 Å². The molecule has 0 radical (unpaired) electrons. The molecule has 0 heterocycles. The molecule has 0 saturated heterocycles. The standard InChI is InChI=1S/C15H25FN2O/c1-11(2)18(4)15-7-6-13(8-14(15)16)17-9-12(3)10-19-5/h6-8,11-12,17H,9-10H2,1-5H3. The van der Waals surface area contributed by atoms with E-state index in [0.717, 1.165) is 12.2 Å². The zero-order valence-electron chi connectivity index (χ0n) is 12.5. The van der Waals surface area contributed by atoms with Gasteiger partial charge in [-0.25, -0.2) is 4.39 Å². The first-order valence-corrected chi connectivity index (χ1v) is 6.71. The molecule has 0 aliphatic heterocycles. The van der Waals surface area contributed by atoms with Crippen molar-refractivity contribution in [2.24, 2.45) is 5.92 Å². The highest BCUT2D eigenvalue weighted by atomic mass is 19.1. The van der Waals surface area contributed by atoms with E-state index in [0.29, 0.717) is 18.2 Å². The van der Waals surface area contributed by atoms with E-state index in [1.165, 1.54) is 0 Å². The first-order chi connectivity index (χ1) is 8.95. The molecule has 0 amide bonds. The fourth-order valence-corrected chi connectivity index (χ4v) is 1.82. The third kappa shape index (κ3) is 4.71. The van der Waals surface area contributed by atoms with Crippen LogP contribution in [0.5, 0.6) is 0 Å². The van der Waals surface area contributed by atoms with Crippen molar-refractivity contribution in [1.29, 1.82) is 0 Å². The number of benzene rings is 1. The smallest absolute Gasteiger partial charge is 0.148 e. The minimum absolute atomic E-state index is 0.194. The highest BCUT2D eigenvalue weighted by Crippen LogP contribution is 2.23. The maximum atomic E-state index is 14.0. The number of nitrogens with one attached hydrogen (secondary N) is 1. The lowest BCUT2D eigenvalue weighted by molar-refractivity contribution is 0.164. The highest BCUT2D eigenvalue weighted by Gasteiger charge is 2.11. The first kappa shape index (κ1) is 15.8. The van der Waals surface area contributed by atoms with Gasteiger partial charge < -0.3 is 15.0 Å². The molecule has 1 aromatic rings. The maximum absolute atomic E-state index is 14.0. The van der Waals surface area contributed by atoms with Gasteiger partial charge in [-0.2, -0.15) is 0 Å². The molecule has 0 bridgehead atoms. The van der Waals surface area contributed by atoms with E-state index in [-0.39, 0.29) is 11.9 Å². The summed E-state index contributed by atoms with van der Waals surface area (Å²) in [4.78, 5) is 1.92. The average Bonchev–Trinajstić information content (AvgIpc) is 2.36. The number of anilines is 2. The Labute approximate surface area is 115 Å². The lowest BCUT2D eigenvalue weighted by Gasteiger charge is -2.24. The number of methoxy groups -OCH3 is 1. The van der Waals surface area contributed by atoms with Gasteiger partial charge in [-0.15, -0.1) is 0 Å². The first-order valence-electron chi connectivity index (χ1n) is 6.71. The summed E-state index contributed by atoms with van der Waals surface area (Å²) in [5.41, 5.74) is 1.44. The van der Waals surface area contributed by atoms with Gasteiger partial charge in [-0.3, -0.25) is 0 Å². The predicted octanol–water partition coefficient (Wildman–Crippen LogP) is 3.36. The SMILES string of the molecule is COCC(C)CNc1ccc(N(C)C(C)C)c(F)c1. The van der Waals surface area contributed by atoms with E-state index in [4.69, 9.17) is 4.74 Å². The van der Waals surface area contributed by atoms with Crippen LogP contribution in [0.25, 0.3) is 0 Å². The van der Waals surface area contributed by atoms with Crippen molar-refractivity contribution >= 4 is 11.4 Å². The summed E-state index contributed by atoms with van der Waals surface area (Å²) < 4.78 is 19.1. The fourth-order valence-electron chi connectivity index (χ4n) is 1.82. The van der Waals surface area contributed by atoms with Crippen LogP contribution in [0.3, 0.4) is 0 Å². The lowest BCUT2D eigenvalue weighted by Crippen LogP contribution is -2.26. The van der Waals surface area contributed by atoms with Crippen LogP contribution in [-0.4, -0.2) is 33.4 Å². The predicted molar refractivity (Wildman–Crippen MR) is 79.5 cm³/mol. The second-order valence-corrected chi connectivity index (χ2v) is 5.31. The molecule has 1 rings (SSSR count). The minimum Gasteiger partial charge on any atom is -0.385 e. The van der Waals surface area contributed by atoms with Crippen LogP contribution in [0.4, 0.5) is 15.8 Å². The van der Waals surface area contributed by atoms with Gasteiger partial charge in [-0.1, -0.05) is 6.92 Å². The number of ether oxygens (including phenoxy) is 1. The van der Waals surface area contributed by atoms with E-state index < -0.39 is 0 Å². The second-order valence-electron chi connectivity index (χ2n) is 5.31. The van der Waals surface area contributed by atoms with E-state index in [9.17, 15) is 4.39 Å². The molecule has 0 aromatic heterocycles. The van der Waals surface area contributed by atoms with E-state index in [1.54, 1.807) is 13.2 Å². The summed E-state index contributed by atoms with van der Waals surface area (Å²) in [5.74, 6) is 0.201. The molecule has 1 N–H and O–H groups in total. The zero-order chi connectivity index (χ0) is 14.4. The molecule has 4 heteroatoms. The van der Waals surface area contributed by atoms with Gasteiger partial charge in [0.15, 0.2) is 0 Å². The molecule has 0 aliphatic rings. The highest BCUT2D eigenvalue weighted by molar-refractivity contribution is 5.56. The largest absolute Gasteiger partial charge is 0.385 e. The topological polar surface area (TPSA) is 24.5 Å². The molecule has 108 valence electrons. The molecule has 1 atom stereocenters. The van der Waals surface area contributed by atoms with Gasteiger partial charge in [-0.05, 0) is 38.0 Å². The Bertz CT molecular complexity index is 396. The summed E-state index contributed by atoms with van der Waals surface area (Å²) in [6.07, 6.45) is 0. The quantitative estimate of drug-likeness (QED) is 0.820. The normalized spacial score (nSPS) is 12.6. The second kappa shape index (κ2) is 7.34. The Balaban J connectivity index is 2.66. The molecular formula is C15H25FN2O. The van der Waals surface area contributed by atoms with Crippen molar-refractivity contribution in [3.8, 4) is 0 Å². The van der Waals surface area contributed by atoms with Gasteiger partial charge in [0.25, 0.3) is 0 Å². The van der Waals surface area contributed by atoms with Crippen molar-refractivity contribution in [1.82, 2.24) is 0 Å². The Morgan fingerprint density at radius 1 is 1.32 bits per heavy atom. The van der Waals surface area contributed by atoms with Gasteiger partial charge in [0.2, 0.25) is 0 Å². The lowest BCUT2D eigenvalue weighted by atomic mass is 10.2. The monoisotopic (exact) mass is 268 g/mol. The van der Waals surface area contributed by atoms with Crippen molar-refractivity contribution in [2.45, 2.75) is 26.8 Å². The molecule has 1 aromatic carbocycles. The van der Waals surface area contributed by atoms with Crippen LogP contribution < -0.4 is 10.2 Å². The molecule has 1 unspecified atom stereocenters. The fraction of sp³-hybridized carbons (Fsp3) is 0.600. The zero-order valence-corrected chi connectivity index (χ0v) is 12.5. The van der Waals surface area contributed by atoms with Crippen LogP contribution in [-0.2, 0) is 4.74 Å². The number of hydrogen-bond donors (Lipinski definition) is 1. The van der Waals surface area contributed by atoms with Crippen molar-refractivity contribution in [3.63, 3.8) is 0 Å². The van der Waals surface area contributed by atoms with Crippen molar-refractivity contribution in [2.75, 3.05) is 37.5 Å². The van der Waals surface area contributed by atoms with Crippen molar-refractivity contribution < 1.29 is 9.13 Å². The Hall–Kier alpha value is -1.29. The summed E-state index contributed by atoms with van der Waals surface area (Å²) in [5, 5.41) is 3.23. The van der Waals surface area contributed by atoms with Crippen molar-refractivity contribution in [3.05, 3.63) is 24.0 Å². The summed E-state index contributed by atoms with van der Waals surface area (Å²) in [7, 11) is 3.59. The van der Waals surface area contributed by atoms with E-state index >= 15 is 0 Å². The Morgan fingerprint density at radius 2 is 2.00 bits per heavy atom. The number of nitrogens with zero attached hydrogens (tertiary/aromatic N) is 1. The van der Waals surface area contributed by atoms with Crippen LogP contribution >= 0.6 is 0 Å². The maximum Gasteiger partial charge on any atom is 0.148 e. The summed E-state index contributed by atoms with van der Waals surface area (Å²) in [6, 6.07) is 5.55. The number of hydrogen-bond acceptors (Lipinski definition) is 3. The van der Waals surface area contributed by atoms with Crippen LogP contribution in [0, 0.1) is 11.7 Å².